The molecule has 0 radical (unpaired) electrons. The van der Waals surface area contributed by atoms with E-state index in [0.29, 0.717) is 31.2 Å². The van der Waals surface area contributed by atoms with Crippen molar-refractivity contribution < 1.29 is 19.1 Å². The Kier molecular flexibility index (Phi) is 7.15. The first-order chi connectivity index (χ1) is 14.3. The maximum atomic E-state index is 12.5. The summed E-state index contributed by atoms with van der Waals surface area (Å²) in [4.78, 5) is 38.1. The Bertz CT molecular complexity index is 748. The van der Waals surface area contributed by atoms with Crippen LogP contribution in [0.2, 0.25) is 0 Å². The molecule has 0 N–H and O–H groups in total. The van der Waals surface area contributed by atoms with Gasteiger partial charge in [0.25, 0.3) is 0 Å². The molecule has 30 heavy (non-hydrogen) atoms. The largest absolute Gasteiger partial charge is 0.462 e. The van der Waals surface area contributed by atoms with Gasteiger partial charge in [0.05, 0.1) is 17.9 Å². The summed E-state index contributed by atoms with van der Waals surface area (Å²) in [6.45, 7) is 10.7. The minimum absolute atomic E-state index is 0.0784. The molecule has 3 rings (SSSR count). The molecule has 2 aliphatic rings. The van der Waals surface area contributed by atoms with E-state index in [1.54, 1.807) is 18.0 Å². The number of amides is 1. The third-order valence-electron chi connectivity index (χ3n) is 5.47. The maximum Gasteiger partial charge on any atom is 0.410 e. The van der Waals surface area contributed by atoms with Crippen molar-refractivity contribution in [2.75, 3.05) is 37.7 Å². The second-order valence-corrected chi connectivity index (χ2v) is 8.98. The molecule has 1 aromatic rings. The normalized spacial score (nSPS) is 18.3. The molecule has 166 valence electrons. The molecule has 0 saturated carbocycles. The molecule has 0 aliphatic carbocycles. The van der Waals surface area contributed by atoms with Crippen LogP contribution in [-0.2, 0) is 9.47 Å². The Balaban J connectivity index is 1.77. The molecule has 0 unspecified atom stereocenters. The number of carbonyl (C=O) groups is 2. The summed E-state index contributed by atoms with van der Waals surface area (Å²) in [5.41, 5.74) is 0.669. The van der Waals surface area contributed by atoms with E-state index >= 15 is 0 Å². The summed E-state index contributed by atoms with van der Waals surface area (Å²) in [5, 5.41) is 0. The number of carbonyl (C=O) groups excluding carboxylic acids is 2. The van der Waals surface area contributed by atoms with Crippen LogP contribution in [0.5, 0.6) is 0 Å². The van der Waals surface area contributed by atoms with E-state index in [1.807, 2.05) is 20.8 Å². The number of hydrogen-bond acceptors (Lipinski definition) is 7. The fraction of sp³-hybridized carbons (Fsp3) is 0.727. The van der Waals surface area contributed by atoms with Crippen molar-refractivity contribution in [2.24, 2.45) is 0 Å². The Morgan fingerprint density at radius 2 is 1.77 bits per heavy atom. The standard InChI is InChI=1S/C22H34N4O4/c1-5-29-19(27)17-15-23-20(25-11-7-6-8-12-25)24-18(17)16-9-13-26(14-10-16)21(28)30-22(2,3)4/h15-16H,5-14H2,1-4H3. The van der Waals surface area contributed by atoms with Crippen LogP contribution >= 0.6 is 0 Å². The molecule has 1 aromatic heterocycles. The molecule has 0 bridgehead atoms. The lowest BCUT2D eigenvalue weighted by molar-refractivity contribution is 0.0202. The quantitative estimate of drug-likeness (QED) is 0.688. The van der Waals surface area contributed by atoms with Crippen LogP contribution in [0.25, 0.3) is 0 Å². The van der Waals surface area contributed by atoms with E-state index < -0.39 is 5.60 Å². The highest BCUT2D eigenvalue weighted by molar-refractivity contribution is 5.90. The Labute approximate surface area is 178 Å². The van der Waals surface area contributed by atoms with Crippen LogP contribution in [0.1, 0.15) is 81.8 Å². The number of likely N-dealkylation sites (tertiary alicyclic amines) is 1. The van der Waals surface area contributed by atoms with Gasteiger partial charge in [-0.15, -0.1) is 0 Å². The fourth-order valence-electron chi connectivity index (χ4n) is 3.97. The zero-order chi connectivity index (χ0) is 21.7. The zero-order valence-electron chi connectivity index (χ0n) is 18.6. The molecule has 3 heterocycles. The topological polar surface area (TPSA) is 84.9 Å². The third kappa shape index (κ3) is 5.61. The predicted molar refractivity (Wildman–Crippen MR) is 114 cm³/mol. The van der Waals surface area contributed by atoms with Crippen molar-refractivity contribution in [3.63, 3.8) is 0 Å². The van der Waals surface area contributed by atoms with Gasteiger partial charge in [-0.3, -0.25) is 0 Å². The monoisotopic (exact) mass is 418 g/mol. The van der Waals surface area contributed by atoms with Gasteiger partial charge >= 0.3 is 12.1 Å². The van der Waals surface area contributed by atoms with Crippen LogP contribution in [0.3, 0.4) is 0 Å². The first kappa shape index (κ1) is 22.3. The lowest BCUT2D eigenvalue weighted by Crippen LogP contribution is -2.41. The van der Waals surface area contributed by atoms with Gasteiger partial charge in [-0.2, -0.15) is 0 Å². The van der Waals surface area contributed by atoms with Crippen molar-refractivity contribution in [1.29, 1.82) is 0 Å². The van der Waals surface area contributed by atoms with Gasteiger partial charge in [-0.05, 0) is 59.8 Å². The minimum atomic E-state index is -0.513. The Hall–Kier alpha value is -2.38. The molecule has 8 nitrogen and oxygen atoms in total. The van der Waals surface area contributed by atoms with E-state index in [1.165, 1.54) is 6.42 Å². The zero-order valence-corrected chi connectivity index (χ0v) is 18.6. The van der Waals surface area contributed by atoms with E-state index in [4.69, 9.17) is 14.5 Å². The van der Waals surface area contributed by atoms with Crippen molar-refractivity contribution in [2.45, 2.75) is 71.3 Å². The predicted octanol–water partition coefficient (Wildman–Crippen LogP) is 3.76. The van der Waals surface area contributed by atoms with Gasteiger partial charge in [0, 0.05) is 38.3 Å². The van der Waals surface area contributed by atoms with Crippen LogP contribution in [-0.4, -0.2) is 65.3 Å². The van der Waals surface area contributed by atoms with E-state index in [-0.39, 0.29) is 18.0 Å². The van der Waals surface area contributed by atoms with Gasteiger partial charge in [-0.1, -0.05) is 0 Å². The lowest BCUT2D eigenvalue weighted by Gasteiger charge is -2.34. The number of anilines is 1. The summed E-state index contributed by atoms with van der Waals surface area (Å²) in [6, 6.07) is 0. The third-order valence-corrected chi connectivity index (χ3v) is 5.47. The summed E-state index contributed by atoms with van der Waals surface area (Å²) >= 11 is 0. The summed E-state index contributed by atoms with van der Waals surface area (Å²) in [6.07, 6.45) is 6.27. The van der Waals surface area contributed by atoms with Crippen molar-refractivity contribution >= 4 is 18.0 Å². The van der Waals surface area contributed by atoms with Gasteiger partial charge in [0.1, 0.15) is 5.60 Å². The Morgan fingerprint density at radius 1 is 1.10 bits per heavy atom. The fourth-order valence-corrected chi connectivity index (χ4v) is 3.97. The number of aromatic nitrogens is 2. The highest BCUT2D eigenvalue weighted by Crippen LogP contribution is 2.31. The second kappa shape index (κ2) is 9.62. The van der Waals surface area contributed by atoms with Gasteiger partial charge < -0.3 is 19.3 Å². The summed E-state index contributed by atoms with van der Waals surface area (Å²) in [5.74, 6) is 0.384. The number of esters is 1. The maximum absolute atomic E-state index is 12.5. The van der Waals surface area contributed by atoms with Crippen LogP contribution in [0.15, 0.2) is 6.20 Å². The van der Waals surface area contributed by atoms with Crippen LogP contribution in [0.4, 0.5) is 10.7 Å². The highest BCUT2D eigenvalue weighted by Gasteiger charge is 2.31. The van der Waals surface area contributed by atoms with E-state index in [0.717, 1.165) is 44.5 Å². The SMILES string of the molecule is CCOC(=O)c1cnc(N2CCCCC2)nc1C1CCN(C(=O)OC(C)(C)C)CC1. The van der Waals surface area contributed by atoms with Gasteiger partial charge in [0.15, 0.2) is 0 Å². The van der Waals surface area contributed by atoms with Crippen molar-refractivity contribution in [1.82, 2.24) is 14.9 Å². The van der Waals surface area contributed by atoms with Gasteiger partial charge in [-0.25, -0.2) is 19.6 Å². The molecule has 8 heteroatoms. The number of hydrogen-bond donors (Lipinski definition) is 0. The molecule has 0 aromatic carbocycles. The molecule has 0 spiro atoms. The average Bonchev–Trinajstić information content (AvgIpc) is 2.73. The number of ether oxygens (including phenoxy) is 2. The second-order valence-electron chi connectivity index (χ2n) is 8.98. The summed E-state index contributed by atoms with van der Waals surface area (Å²) in [7, 11) is 0. The van der Waals surface area contributed by atoms with Crippen LogP contribution in [0, 0.1) is 0 Å². The number of piperidine rings is 2. The summed E-state index contributed by atoms with van der Waals surface area (Å²) < 4.78 is 10.7. The molecule has 0 atom stereocenters. The Morgan fingerprint density at radius 3 is 2.37 bits per heavy atom. The smallest absolute Gasteiger partial charge is 0.410 e. The minimum Gasteiger partial charge on any atom is -0.462 e. The molecule has 1 amide bonds. The van der Waals surface area contributed by atoms with E-state index in [2.05, 4.69) is 9.88 Å². The molecule has 2 fully saturated rings. The van der Waals surface area contributed by atoms with Gasteiger partial charge in [0.2, 0.25) is 5.95 Å². The first-order valence-electron chi connectivity index (χ1n) is 11.1. The number of nitrogens with zero attached hydrogens (tertiary/aromatic N) is 4. The van der Waals surface area contributed by atoms with Crippen molar-refractivity contribution in [3.05, 3.63) is 17.5 Å². The van der Waals surface area contributed by atoms with E-state index in [9.17, 15) is 9.59 Å². The molecule has 2 aliphatic heterocycles. The average molecular weight is 419 g/mol. The first-order valence-corrected chi connectivity index (χ1v) is 11.1. The lowest BCUT2D eigenvalue weighted by atomic mass is 9.91. The van der Waals surface area contributed by atoms with Crippen molar-refractivity contribution in [3.8, 4) is 0 Å². The highest BCUT2D eigenvalue weighted by atomic mass is 16.6. The molecular weight excluding hydrogens is 384 g/mol. The number of rotatable bonds is 4. The molecular formula is C22H34N4O4. The van der Waals surface area contributed by atoms with Crippen LogP contribution < -0.4 is 4.90 Å². The molecule has 2 saturated heterocycles.